The maximum atomic E-state index is 5.80. The first kappa shape index (κ1) is 14.6. The summed E-state index contributed by atoms with van der Waals surface area (Å²) in [5.74, 6) is 0.790. The molecule has 0 aromatic heterocycles. The fourth-order valence-corrected chi connectivity index (χ4v) is 1.91. The van der Waals surface area contributed by atoms with E-state index in [0.29, 0.717) is 23.3 Å². The fraction of sp³-hybridized carbons (Fsp3) is 0.133. The molecule has 3 nitrogen and oxygen atoms in total. The molecule has 0 atom stereocenters. The summed E-state index contributed by atoms with van der Waals surface area (Å²) in [7, 11) is 0. The Morgan fingerprint density at radius 1 is 1.05 bits per heavy atom. The Morgan fingerprint density at radius 3 is 2.45 bits per heavy atom. The lowest BCUT2D eigenvalue weighted by molar-refractivity contribution is 0.323. The van der Waals surface area contributed by atoms with Gasteiger partial charge in [-0.2, -0.15) is 0 Å². The lowest BCUT2D eigenvalue weighted by Gasteiger charge is -2.11. The minimum atomic E-state index is 0.526. The van der Waals surface area contributed by atoms with Gasteiger partial charge in [0.05, 0.1) is 6.54 Å². The zero-order valence-corrected chi connectivity index (χ0v) is 12.4. The van der Waals surface area contributed by atoms with Gasteiger partial charge in [0.1, 0.15) is 12.4 Å². The molecule has 0 spiro atoms. The van der Waals surface area contributed by atoms with E-state index in [2.05, 4.69) is 10.6 Å². The summed E-state index contributed by atoms with van der Waals surface area (Å²) in [4.78, 5) is 0. The van der Waals surface area contributed by atoms with Crippen LogP contribution in [0.2, 0.25) is 5.02 Å². The minimum absolute atomic E-state index is 0.526. The second-order valence-electron chi connectivity index (χ2n) is 4.05. The molecule has 0 saturated carbocycles. The van der Waals surface area contributed by atoms with Gasteiger partial charge in [-0.1, -0.05) is 29.8 Å². The van der Waals surface area contributed by atoms with Crippen LogP contribution < -0.4 is 15.4 Å². The van der Waals surface area contributed by atoms with Crippen LogP contribution in [0.1, 0.15) is 0 Å². The standard InChI is InChI=1S/C15H15ClN2OS/c16-12-6-8-14(9-7-12)19-11-10-17-15(20)18-13-4-2-1-3-5-13/h1-9H,10-11H2,(H2,17,18,20). The first-order chi connectivity index (χ1) is 9.74. The molecule has 2 aromatic carbocycles. The third-order valence-corrected chi connectivity index (χ3v) is 3.00. The van der Waals surface area contributed by atoms with Crippen molar-refractivity contribution < 1.29 is 4.74 Å². The zero-order valence-electron chi connectivity index (χ0n) is 10.8. The van der Waals surface area contributed by atoms with E-state index in [1.165, 1.54) is 0 Å². The Bertz CT molecular complexity index is 546. The number of rotatable bonds is 5. The van der Waals surface area contributed by atoms with Crippen LogP contribution in [0, 0.1) is 0 Å². The van der Waals surface area contributed by atoms with E-state index in [4.69, 9.17) is 28.6 Å². The van der Waals surface area contributed by atoms with Crippen molar-refractivity contribution in [1.82, 2.24) is 5.32 Å². The van der Waals surface area contributed by atoms with Crippen molar-refractivity contribution in [2.75, 3.05) is 18.5 Å². The van der Waals surface area contributed by atoms with Gasteiger partial charge in [-0.3, -0.25) is 0 Å². The Kier molecular flexibility index (Phi) is 5.65. The van der Waals surface area contributed by atoms with Crippen LogP contribution in [-0.4, -0.2) is 18.3 Å². The molecule has 0 aliphatic carbocycles. The highest BCUT2D eigenvalue weighted by atomic mass is 35.5. The zero-order chi connectivity index (χ0) is 14.2. The molecule has 104 valence electrons. The van der Waals surface area contributed by atoms with E-state index in [-0.39, 0.29) is 0 Å². The normalized spacial score (nSPS) is 9.85. The molecule has 0 unspecified atom stereocenters. The lowest BCUT2D eigenvalue weighted by atomic mass is 10.3. The predicted octanol–water partition coefficient (Wildman–Crippen LogP) is 3.71. The molecule has 0 amide bonds. The summed E-state index contributed by atoms with van der Waals surface area (Å²) in [5.41, 5.74) is 0.962. The van der Waals surface area contributed by atoms with Crippen LogP contribution in [0.3, 0.4) is 0 Å². The van der Waals surface area contributed by atoms with Gasteiger partial charge in [0, 0.05) is 10.7 Å². The molecule has 0 saturated heterocycles. The van der Waals surface area contributed by atoms with Crippen LogP contribution in [0.15, 0.2) is 54.6 Å². The maximum Gasteiger partial charge on any atom is 0.170 e. The quantitative estimate of drug-likeness (QED) is 0.652. The summed E-state index contributed by atoms with van der Waals surface area (Å²) >= 11 is 11.0. The van der Waals surface area contributed by atoms with Crippen LogP contribution in [0.5, 0.6) is 5.75 Å². The van der Waals surface area contributed by atoms with E-state index in [9.17, 15) is 0 Å². The van der Waals surface area contributed by atoms with Gasteiger partial charge < -0.3 is 15.4 Å². The topological polar surface area (TPSA) is 33.3 Å². The highest BCUT2D eigenvalue weighted by molar-refractivity contribution is 7.80. The largest absolute Gasteiger partial charge is 0.492 e. The number of ether oxygens (including phenoxy) is 1. The van der Waals surface area contributed by atoms with Crippen molar-refractivity contribution >= 4 is 34.6 Å². The van der Waals surface area contributed by atoms with E-state index in [1.54, 1.807) is 12.1 Å². The van der Waals surface area contributed by atoms with E-state index < -0.39 is 0 Å². The monoisotopic (exact) mass is 306 g/mol. The number of benzene rings is 2. The average Bonchev–Trinajstić information content (AvgIpc) is 2.46. The average molecular weight is 307 g/mol. The fourth-order valence-electron chi connectivity index (χ4n) is 1.56. The highest BCUT2D eigenvalue weighted by Gasteiger charge is 1.97. The second-order valence-corrected chi connectivity index (χ2v) is 4.89. The summed E-state index contributed by atoms with van der Waals surface area (Å²) in [6.45, 7) is 1.15. The number of para-hydroxylation sites is 1. The molecule has 0 fully saturated rings. The van der Waals surface area contributed by atoms with Crippen molar-refractivity contribution in [2.24, 2.45) is 0 Å². The van der Waals surface area contributed by atoms with Gasteiger partial charge >= 0.3 is 0 Å². The van der Waals surface area contributed by atoms with Crippen molar-refractivity contribution in [1.29, 1.82) is 0 Å². The van der Waals surface area contributed by atoms with E-state index in [0.717, 1.165) is 11.4 Å². The summed E-state index contributed by atoms with van der Waals surface area (Å²) in [6.07, 6.45) is 0. The van der Waals surface area contributed by atoms with Gasteiger partial charge in [0.25, 0.3) is 0 Å². The molecule has 0 aliphatic heterocycles. The highest BCUT2D eigenvalue weighted by Crippen LogP contribution is 2.15. The first-order valence-electron chi connectivity index (χ1n) is 6.22. The van der Waals surface area contributed by atoms with Crippen molar-refractivity contribution in [3.63, 3.8) is 0 Å². The van der Waals surface area contributed by atoms with Gasteiger partial charge in [-0.05, 0) is 48.6 Å². The summed E-state index contributed by atoms with van der Waals surface area (Å²) < 4.78 is 5.55. The number of halogens is 1. The molecule has 0 bridgehead atoms. The Morgan fingerprint density at radius 2 is 1.75 bits per heavy atom. The Labute approximate surface area is 128 Å². The Hall–Kier alpha value is -1.78. The van der Waals surface area contributed by atoms with Crippen LogP contribution >= 0.6 is 23.8 Å². The predicted molar refractivity (Wildman–Crippen MR) is 87.6 cm³/mol. The van der Waals surface area contributed by atoms with Crippen molar-refractivity contribution in [3.05, 3.63) is 59.6 Å². The third-order valence-electron chi connectivity index (χ3n) is 2.50. The SMILES string of the molecule is S=C(NCCOc1ccc(Cl)cc1)Nc1ccccc1. The van der Waals surface area contributed by atoms with E-state index in [1.807, 2.05) is 42.5 Å². The van der Waals surface area contributed by atoms with Crippen LogP contribution in [-0.2, 0) is 0 Å². The van der Waals surface area contributed by atoms with Gasteiger partial charge in [0.15, 0.2) is 5.11 Å². The van der Waals surface area contributed by atoms with Gasteiger partial charge in [-0.25, -0.2) is 0 Å². The smallest absolute Gasteiger partial charge is 0.170 e. The molecule has 0 aliphatic rings. The number of nitrogens with one attached hydrogen (secondary N) is 2. The van der Waals surface area contributed by atoms with Crippen molar-refractivity contribution in [3.8, 4) is 5.75 Å². The van der Waals surface area contributed by atoms with Crippen molar-refractivity contribution in [2.45, 2.75) is 0 Å². The number of anilines is 1. The summed E-state index contributed by atoms with van der Waals surface area (Å²) in [5, 5.41) is 7.45. The van der Waals surface area contributed by atoms with E-state index >= 15 is 0 Å². The minimum Gasteiger partial charge on any atom is -0.492 e. The molecule has 0 radical (unpaired) electrons. The Balaban J connectivity index is 1.66. The number of thiocarbonyl (C=S) groups is 1. The van der Waals surface area contributed by atoms with Gasteiger partial charge in [0.2, 0.25) is 0 Å². The number of hydrogen-bond acceptors (Lipinski definition) is 2. The molecule has 0 heterocycles. The molecule has 2 N–H and O–H groups in total. The molecular weight excluding hydrogens is 292 g/mol. The molecule has 2 aromatic rings. The van der Waals surface area contributed by atoms with Crippen LogP contribution in [0.25, 0.3) is 0 Å². The summed E-state index contributed by atoms with van der Waals surface area (Å²) in [6, 6.07) is 17.0. The van der Waals surface area contributed by atoms with Crippen LogP contribution in [0.4, 0.5) is 5.69 Å². The number of hydrogen-bond donors (Lipinski definition) is 2. The maximum absolute atomic E-state index is 5.80. The third kappa shape index (κ3) is 5.07. The molecule has 20 heavy (non-hydrogen) atoms. The second kappa shape index (κ2) is 7.72. The first-order valence-corrected chi connectivity index (χ1v) is 7.01. The lowest BCUT2D eigenvalue weighted by Crippen LogP contribution is -2.31. The molecule has 5 heteroatoms. The van der Waals surface area contributed by atoms with Gasteiger partial charge in [-0.15, -0.1) is 0 Å². The molecular formula is C15H15ClN2OS. The molecule has 2 rings (SSSR count).